The second-order valence-electron chi connectivity index (χ2n) is 3.62. The SMILES string of the molecule is COC(=O)c1cc(C(O)C(O)CCO)cnc1F. The molecule has 0 radical (unpaired) electrons. The van der Waals surface area contributed by atoms with E-state index in [0.29, 0.717) is 0 Å². The summed E-state index contributed by atoms with van der Waals surface area (Å²) in [7, 11) is 1.09. The Kier molecular flexibility index (Phi) is 5.14. The summed E-state index contributed by atoms with van der Waals surface area (Å²) in [6.45, 7) is -0.309. The van der Waals surface area contributed by atoms with E-state index in [0.717, 1.165) is 19.4 Å². The van der Waals surface area contributed by atoms with Gasteiger partial charge in [-0.05, 0) is 12.5 Å². The Hall–Kier alpha value is -1.57. The molecule has 6 nitrogen and oxygen atoms in total. The van der Waals surface area contributed by atoms with Crippen molar-refractivity contribution >= 4 is 5.97 Å². The Morgan fingerprint density at radius 3 is 2.78 bits per heavy atom. The van der Waals surface area contributed by atoms with Crippen LogP contribution in [0.25, 0.3) is 0 Å². The van der Waals surface area contributed by atoms with Crippen LogP contribution in [0.5, 0.6) is 0 Å². The van der Waals surface area contributed by atoms with Crippen LogP contribution in [-0.4, -0.2) is 46.1 Å². The fourth-order valence-corrected chi connectivity index (χ4v) is 1.39. The molecule has 0 bridgehead atoms. The molecule has 1 aromatic rings. The Balaban J connectivity index is 3.00. The van der Waals surface area contributed by atoms with Crippen molar-refractivity contribution in [1.29, 1.82) is 0 Å². The van der Waals surface area contributed by atoms with Crippen molar-refractivity contribution in [3.05, 3.63) is 29.3 Å². The van der Waals surface area contributed by atoms with Gasteiger partial charge in [0.1, 0.15) is 11.7 Å². The number of aliphatic hydroxyl groups is 3. The summed E-state index contributed by atoms with van der Waals surface area (Å²) in [6, 6.07) is 1.05. The number of pyridine rings is 1. The van der Waals surface area contributed by atoms with Crippen LogP contribution in [0, 0.1) is 5.95 Å². The molecule has 2 unspecified atom stereocenters. The fraction of sp³-hybridized carbons (Fsp3) is 0.455. The molecule has 0 saturated carbocycles. The molecule has 0 aliphatic heterocycles. The van der Waals surface area contributed by atoms with Crippen molar-refractivity contribution in [2.24, 2.45) is 0 Å². The zero-order valence-electron chi connectivity index (χ0n) is 9.71. The van der Waals surface area contributed by atoms with Crippen LogP contribution in [-0.2, 0) is 4.74 Å². The number of aromatic nitrogens is 1. The van der Waals surface area contributed by atoms with E-state index in [1.54, 1.807) is 0 Å². The monoisotopic (exact) mass is 259 g/mol. The lowest BCUT2D eigenvalue weighted by Crippen LogP contribution is -2.20. The third-order valence-electron chi connectivity index (χ3n) is 2.40. The van der Waals surface area contributed by atoms with Gasteiger partial charge in [-0.25, -0.2) is 9.78 Å². The van der Waals surface area contributed by atoms with Gasteiger partial charge in [0.05, 0.1) is 13.2 Å². The summed E-state index contributed by atoms with van der Waals surface area (Å²) in [5.74, 6) is -1.94. The fourth-order valence-electron chi connectivity index (χ4n) is 1.39. The van der Waals surface area contributed by atoms with Gasteiger partial charge in [0.15, 0.2) is 0 Å². The van der Waals surface area contributed by atoms with Gasteiger partial charge in [0.25, 0.3) is 0 Å². The zero-order chi connectivity index (χ0) is 13.7. The summed E-state index contributed by atoms with van der Waals surface area (Å²) < 4.78 is 17.6. The van der Waals surface area contributed by atoms with Gasteiger partial charge in [-0.3, -0.25) is 0 Å². The van der Waals surface area contributed by atoms with Gasteiger partial charge in [-0.1, -0.05) is 0 Å². The van der Waals surface area contributed by atoms with E-state index < -0.39 is 29.7 Å². The molecule has 0 amide bonds. The third kappa shape index (κ3) is 3.22. The maximum atomic E-state index is 13.2. The van der Waals surface area contributed by atoms with Gasteiger partial charge < -0.3 is 20.1 Å². The lowest BCUT2D eigenvalue weighted by molar-refractivity contribution is 0.00387. The topological polar surface area (TPSA) is 99.9 Å². The average molecular weight is 259 g/mol. The quantitative estimate of drug-likeness (QED) is 0.499. The predicted molar refractivity (Wildman–Crippen MR) is 58.2 cm³/mol. The molecule has 0 aromatic carbocycles. The van der Waals surface area contributed by atoms with Gasteiger partial charge >= 0.3 is 5.97 Å². The number of rotatable bonds is 5. The van der Waals surface area contributed by atoms with Gasteiger partial charge in [0.2, 0.25) is 5.95 Å². The molecule has 0 fully saturated rings. The van der Waals surface area contributed by atoms with Crippen molar-refractivity contribution in [3.63, 3.8) is 0 Å². The predicted octanol–water partition coefficient (Wildman–Crippen LogP) is -0.216. The first-order valence-corrected chi connectivity index (χ1v) is 5.22. The Morgan fingerprint density at radius 2 is 2.22 bits per heavy atom. The van der Waals surface area contributed by atoms with Crippen molar-refractivity contribution < 1.29 is 29.2 Å². The number of halogens is 1. The molecule has 2 atom stereocenters. The minimum absolute atomic E-state index is 0.0495. The summed E-state index contributed by atoms with van der Waals surface area (Å²) in [5, 5.41) is 27.8. The van der Waals surface area contributed by atoms with E-state index in [1.807, 2.05) is 0 Å². The zero-order valence-corrected chi connectivity index (χ0v) is 9.71. The number of hydrogen-bond donors (Lipinski definition) is 3. The molecule has 18 heavy (non-hydrogen) atoms. The van der Waals surface area contributed by atoms with Gasteiger partial charge in [0, 0.05) is 18.4 Å². The number of hydrogen-bond acceptors (Lipinski definition) is 6. The second kappa shape index (κ2) is 6.39. The highest BCUT2D eigenvalue weighted by molar-refractivity contribution is 5.89. The third-order valence-corrected chi connectivity index (χ3v) is 2.40. The summed E-state index contributed by atoms with van der Waals surface area (Å²) in [6.07, 6.45) is -1.64. The molecule has 1 aromatic heterocycles. The summed E-state index contributed by atoms with van der Waals surface area (Å²) in [5.41, 5.74) is -0.358. The lowest BCUT2D eigenvalue weighted by Gasteiger charge is -2.17. The summed E-state index contributed by atoms with van der Waals surface area (Å²) in [4.78, 5) is 14.5. The van der Waals surface area contributed by atoms with Crippen LogP contribution in [0.15, 0.2) is 12.3 Å². The van der Waals surface area contributed by atoms with E-state index in [4.69, 9.17) is 5.11 Å². The highest BCUT2D eigenvalue weighted by Gasteiger charge is 2.22. The maximum Gasteiger partial charge on any atom is 0.342 e. The number of carbonyl (C=O) groups excluding carboxylic acids is 1. The number of ether oxygens (including phenoxy) is 1. The Morgan fingerprint density at radius 1 is 1.56 bits per heavy atom. The molecular formula is C11H14FNO5. The van der Waals surface area contributed by atoms with Crippen LogP contribution >= 0.6 is 0 Å². The summed E-state index contributed by atoms with van der Waals surface area (Å²) >= 11 is 0. The normalized spacial score (nSPS) is 14.1. The number of methoxy groups -OCH3 is 1. The van der Waals surface area contributed by atoms with E-state index >= 15 is 0 Å². The molecular weight excluding hydrogens is 245 g/mol. The Labute approximate surface area is 103 Å². The molecule has 0 saturated heterocycles. The highest BCUT2D eigenvalue weighted by Crippen LogP contribution is 2.20. The number of esters is 1. The van der Waals surface area contributed by atoms with E-state index in [2.05, 4.69) is 9.72 Å². The first kappa shape index (κ1) is 14.5. The molecule has 100 valence electrons. The molecule has 1 rings (SSSR count). The van der Waals surface area contributed by atoms with E-state index in [1.165, 1.54) is 0 Å². The van der Waals surface area contributed by atoms with E-state index in [-0.39, 0.29) is 18.6 Å². The number of nitrogens with zero attached hydrogens (tertiary/aromatic N) is 1. The molecule has 0 aliphatic rings. The highest BCUT2D eigenvalue weighted by atomic mass is 19.1. The standard InChI is InChI=1S/C11H14FNO5/c1-18-11(17)7-4-6(5-13-10(7)12)9(16)8(15)2-3-14/h4-5,8-9,14-16H,2-3H2,1H3. The molecule has 3 N–H and O–H groups in total. The minimum atomic E-state index is -1.37. The van der Waals surface area contributed by atoms with Crippen molar-refractivity contribution in [3.8, 4) is 0 Å². The van der Waals surface area contributed by atoms with Gasteiger partial charge in [-0.15, -0.1) is 0 Å². The smallest absolute Gasteiger partial charge is 0.342 e. The van der Waals surface area contributed by atoms with Crippen LogP contribution in [0.2, 0.25) is 0 Å². The lowest BCUT2D eigenvalue weighted by atomic mass is 10.0. The largest absolute Gasteiger partial charge is 0.465 e. The van der Waals surface area contributed by atoms with Crippen molar-refractivity contribution in [2.45, 2.75) is 18.6 Å². The first-order chi connectivity index (χ1) is 8.51. The van der Waals surface area contributed by atoms with Crippen LogP contribution in [0.3, 0.4) is 0 Å². The molecule has 0 spiro atoms. The maximum absolute atomic E-state index is 13.2. The van der Waals surface area contributed by atoms with Crippen LogP contribution < -0.4 is 0 Å². The Bertz CT molecular complexity index is 426. The van der Waals surface area contributed by atoms with Crippen LogP contribution in [0.4, 0.5) is 4.39 Å². The number of carbonyl (C=O) groups is 1. The molecule has 0 aliphatic carbocycles. The molecule has 7 heteroatoms. The van der Waals surface area contributed by atoms with Crippen LogP contribution in [0.1, 0.15) is 28.4 Å². The van der Waals surface area contributed by atoms with E-state index in [9.17, 15) is 19.4 Å². The van der Waals surface area contributed by atoms with Gasteiger partial charge in [-0.2, -0.15) is 4.39 Å². The second-order valence-corrected chi connectivity index (χ2v) is 3.62. The van der Waals surface area contributed by atoms with Crippen molar-refractivity contribution in [1.82, 2.24) is 4.98 Å². The molecule has 1 heterocycles. The minimum Gasteiger partial charge on any atom is -0.465 e. The average Bonchev–Trinajstić information content (AvgIpc) is 2.38. The number of aliphatic hydroxyl groups excluding tert-OH is 3. The first-order valence-electron chi connectivity index (χ1n) is 5.22. The van der Waals surface area contributed by atoms with Crippen molar-refractivity contribution in [2.75, 3.05) is 13.7 Å².